The van der Waals surface area contributed by atoms with E-state index in [4.69, 9.17) is 0 Å². The van der Waals surface area contributed by atoms with Crippen LogP contribution in [0.25, 0.3) is 0 Å². The molecule has 0 aliphatic heterocycles. The van der Waals surface area contributed by atoms with Crippen LogP contribution in [0.3, 0.4) is 0 Å². The van der Waals surface area contributed by atoms with Crippen LogP contribution in [0, 0.1) is 0 Å². The summed E-state index contributed by atoms with van der Waals surface area (Å²) in [5, 5.41) is 10.4. The molecular weight excluding hydrogens is 196 g/mol. The molecule has 0 saturated heterocycles. The van der Waals surface area contributed by atoms with Gasteiger partial charge in [-0.25, -0.2) is 0 Å². The van der Waals surface area contributed by atoms with Gasteiger partial charge in [-0.3, -0.25) is 0 Å². The highest BCUT2D eigenvalue weighted by Gasteiger charge is 2.35. The molecule has 1 aromatic rings. The Morgan fingerprint density at radius 2 is 1.62 bits per heavy atom. The Labute approximate surface area is 99.5 Å². The molecule has 0 aliphatic rings. The number of aliphatic hydroxyl groups is 1. The van der Waals surface area contributed by atoms with Crippen LogP contribution in [0.15, 0.2) is 30.3 Å². The summed E-state index contributed by atoms with van der Waals surface area (Å²) < 4.78 is 0. The molecule has 1 nitrogen and oxygen atoms in total. The van der Waals surface area contributed by atoms with E-state index in [9.17, 15) is 5.11 Å². The Morgan fingerprint density at radius 3 is 2.06 bits per heavy atom. The molecule has 1 heteroatoms. The van der Waals surface area contributed by atoms with Gasteiger partial charge < -0.3 is 5.11 Å². The van der Waals surface area contributed by atoms with Gasteiger partial charge >= 0.3 is 0 Å². The van der Waals surface area contributed by atoms with Crippen molar-refractivity contribution in [1.29, 1.82) is 0 Å². The van der Waals surface area contributed by atoms with E-state index in [1.165, 1.54) is 5.56 Å². The zero-order chi connectivity index (χ0) is 12.0. The second-order valence-electron chi connectivity index (χ2n) is 4.53. The summed E-state index contributed by atoms with van der Waals surface area (Å²) in [6.07, 6.45) is 3.69. The van der Waals surface area contributed by atoms with Gasteiger partial charge in [-0.05, 0) is 24.8 Å². The van der Waals surface area contributed by atoms with Crippen LogP contribution in [-0.2, 0) is 5.41 Å². The van der Waals surface area contributed by atoms with E-state index in [0.717, 1.165) is 25.7 Å². The Hall–Kier alpha value is -0.820. The zero-order valence-electron chi connectivity index (χ0n) is 10.7. The first-order chi connectivity index (χ1) is 7.71. The van der Waals surface area contributed by atoms with Crippen molar-refractivity contribution in [2.24, 2.45) is 0 Å². The minimum Gasteiger partial charge on any atom is -0.392 e. The predicted molar refractivity (Wildman–Crippen MR) is 69.6 cm³/mol. The molecular formula is C15H24O. The lowest BCUT2D eigenvalue weighted by molar-refractivity contribution is 0.0649. The largest absolute Gasteiger partial charge is 0.392 e. The summed E-state index contributed by atoms with van der Waals surface area (Å²) in [5.74, 6) is 0. The van der Waals surface area contributed by atoms with E-state index < -0.39 is 0 Å². The van der Waals surface area contributed by atoms with Gasteiger partial charge in [-0.1, -0.05) is 57.5 Å². The number of hydrogen-bond acceptors (Lipinski definition) is 1. The van der Waals surface area contributed by atoms with Gasteiger partial charge in [0.1, 0.15) is 0 Å². The molecule has 90 valence electrons. The standard InChI is InChI=1S/C15H24O/c1-4-10-14(16)15(5-2,6-3)13-11-8-7-9-12-13/h7-9,11-12,14,16H,4-6,10H2,1-3H3. The first-order valence-electron chi connectivity index (χ1n) is 6.44. The minimum absolute atomic E-state index is 0.0583. The van der Waals surface area contributed by atoms with Crippen molar-refractivity contribution >= 4 is 0 Å². The fourth-order valence-corrected chi connectivity index (χ4v) is 2.64. The number of benzene rings is 1. The monoisotopic (exact) mass is 220 g/mol. The Morgan fingerprint density at radius 1 is 1.06 bits per heavy atom. The van der Waals surface area contributed by atoms with Crippen LogP contribution in [-0.4, -0.2) is 11.2 Å². The second kappa shape index (κ2) is 6.05. The molecule has 0 saturated carbocycles. The van der Waals surface area contributed by atoms with Gasteiger partial charge in [-0.15, -0.1) is 0 Å². The average Bonchev–Trinajstić information content (AvgIpc) is 2.33. The molecule has 0 spiro atoms. The summed E-state index contributed by atoms with van der Waals surface area (Å²) in [4.78, 5) is 0. The number of aliphatic hydroxyl groups excluding tert-OH is 1. The molecule has 0 bridgehead atoms. The number of rotatable bonds is 6. The Balaban J connectivity index is 3.05. The van der Waals surface area contributed by atoms with Crippen molar-refractivity contribution in [3.63, 3.8) is 0 Å². The molecule has 0 aromatic heterocycles. The van der Waals surface area contributed by atoms with E-state index in [1.54, 1.807) is 0 Å². The molecule has 1 atom stereocenters. The van der Waals surface area contributed by atoms with E-state index in [-0.39, 0.29) is 11.5 Å². The normalized spacial score (nSPS) is 13.8. The van der Waals surface area contributed by atoms with E-state index in [0.29, 0.717) is 0 Å². The van der Waals surface area contributed by atoms with Crippen molar-refractivity contribution in [2.75, 3.05) is 0 Å². The Kier molecular flexibility index (Phi) is 5.01. The van der Waals surface area contributed by atoms with Gasteiger partial charge in [0.2, 0.25) is 0 Å². The zero-order valence-corrected chi connectivity index (χ0v) is 10.7. The third kappa shape index (κ3) is 2.46. The van der Waals surface area contributed by atoms with Gasteiger partial charge in [0, 0.05) is 5.41 Å². The van der Waals surface area contributed by atoms with E-state index in [1.807, 2.05) is 6.07 Å². The second-order valence-corrected chi connectivity index (χ2v) is 4.53. The van der Waals surface area contributed by atoms with E-state index in [2.05, 4.69) is 45.0 Å². The van der Waals surface area contributed by atoms with Gasteiger partial charge in [0.05, 0.1) is 6.10 Å². The summed E-state index contributed by atoms with van der Waals surface area (Å²) in [6, 6.07) is 10.5. The van der Waals surface area contributed by atoms with Crippen LogP contribution < -0.4 is 0 Å². The average molecular weight is 220 g/mol. The summed E-state index contributed by atoms with van der Waals surface area (Å²) in [6.45, 7) is 6.48. The van der Waals surface area contributed by atoms with Crippen molar-refractivity contribution in [2.45, 2.75) is 58.0 Å². The minimum atomic E-state index is -0.227. The van der Waals surface area contributed by atoms with Crippen molar-refractivity contribution in [3.8, 4) is 0 Å². The molecule has 1 N–H and O–H groups in total. The molecule has 1 unspecified atom stereocenters. The van der Waals surface area contributed by atoms with Crippen LogP contribution in [0.4, 0.5) is 0 Å². The van der Waals surface area contributed by atoms with Gasteiger partial charge in [-0.2, -0.15) is 0 Å². The first kappa shape index (κ1) is 13.2. The van der Waals surface area contributed by atoms with Crippen molar-refractivity contribution < 1.29 is 5.11 Å². The molecule has 0 amide bonds. The summed E-state index contributed by atoms with van der Waals surface area (Å²) in [5.41, 5.74) is 1.22. The predicted octanol–water partition coefficient (Wildman–Crippen LogP) is 3.91. The lowest BCUT2D eigenvalue weighted by atomic mass is 9.70. The molecule has 1 rings (SSSR count). The smallest absolute Gasteiger partial charge is 0.0636 e. The first-order valence-corrected chi connectivity index (χ1v) is 6.44. The van der Waals surface area contributed by atoms with E-state index >= 15 is 0 Å². The molecule has 0 heterocycles. The third-order valence-electron chi connectivity index (χ3n) is 3.81. The topological polar surface area (TPSA) is 20.2 Å². The molecule has 0 aliphatic carbocycles. The Bertz CT molecular complexity index is 288. The quantitative estimate of drug-likeness (QED) is 0.770. The third-order valence-corrected chi connectivity index (χ3v) is 3.81. The maximum atomic E-state index is 10.4. The maximum absolute atomic E-state index is 10.4. The molecule has 0 radical (unpaired) electrons. The lowest BCUT2D eigenvalue weighted by Crippen LogP contribution is -2.38. The number of hydrogen-bond donors (Lipinski definition) is 1. The highest BCUT2D eigenvalue weighted by molar-refractivity contribution is 5.26. The van der Waals surface area contributed by atoms with Crippen LogP contribution in [0.2, 0.25) is 0 Å². The van der Waals surface area contributed by atoms with Gasteiger partial charge in [0.25, 0.3) is 0 Å². The maximum Gasteiger partial charge on any atom is 0.0636 e. The molecule has 0 fully saturated rings. The molecule has 16 heavy (non-hydrogen) atoms. The summed E-state index contributed by atoms with van der Waals surface area (Å²) >= 11 is 0. The highest BCUT2D eigenvalue weighted by Crippen LogP contribution is 2.36. The fourth-order valence-electron chi connectivity index (χ4n) is 2.64. The fraction of sp³-hybridized carbons (Fsp3) is 0.600. The van der Waals surface area contributed by atoms with Gasteiger partial charge in [0.15, 0.2) is 0 Å². The highest BCUT2D eigenvalue weighted by atomic mass is 16.3. The van der Waals surface area contributed by atoms with Crippen molar-refractivity contribution in [3.05, 3.63) is 35.9 Å². The molecule has 1 aromatic carbocycles. The van der Waals surface area contributed by atoms with Crippen molar-refractivity contribution in [1.82, 2.24) is 0 Å². The van der Waals surface area contributed by atoms with Crippen LogP contribution in [0.5, 0.6) is 0 Å². The van der Waals surface area contributed by atoms with Crippen LogP contribution in [0.1, 0.15) is 52.0 Å². The van der Waals surface area contributed by atoms with Crippen LogP contribution >= 0.6 is 0 Å². The SMILES string of the molecule is CCCC(O)C(CC)(CC)c1ccccc1. The lowest BCUT2D eigenvalue weighted by Gasteiger charge is -2.37. The summed E-state index contributed by atoms with van der Waals surface area (Å²) in [7, 11) is 0.